The largest absolute Gasteiger partial charge is 0.490 e. The Morgan fingerprint density at radius 3 is 0.937 bits per heavy atom. The van der Waals surface area contributed by atoms with Crippen molar-refractivity contribution in [1.82, 2.24) is 36.2 Å². The van der Waals surface area contributed by atoms with Gasteiger partial charge in [0.2, 0.25) is 17.7 Å². The second kappa shape index (κ2) is 55.6. The average Bonchev–Trinajstić information content (AvgIpc) is 1.29. The number of aromatic nitrogens is 3. The molecule has 0 unspecified atom stereocenters. The number of carbonyl (C=O) groups is 10. The lowest BCUT2D eigenvalue weighted by Gasteiger charge is -2.20. The van der Waals surface area contributed by atoms with Crippen molar-refractivity contribution in [3.05, 3.63) is 196 Å². The van der Waals surface area contributed by atoms with Gasteiger partial charge in [-0.2, -0.15) is 52.7 Å². The second-order valence-corrected chi connectivity index (χ2v) is 30.0. The number of hydrogen-bond acceptors (Lipinski definition) is 26. The van der Waals surface area contributed by atoms with Crippen molar-refractivity contribution in [2.45, 2.75) is 176 Å². The molecule has 3 aromatic heterocycles. The van der Waals surface area contributed by atoms with Gasteiger partial charge in [-0.3, -0.25) is 43.7 Å². The first-order valence-electron chi connectivity index (χ1n) is 44.1. The number of ether oxygens (including phenoxy) is 6. The van der Waals surface area contributed by atoms with Gasteiger partial charge in [0.05, 0.1) is 108 Å². The number of nitrogens with one attached hydrogen (secondary N) is 7. The number of carboxylic acid groups (broad SMARTS) is 4. The highest BCUT2D eigenvalue weighted by Gasteiger charge is 2.41. The summed E-state index contributed by atoms with van der Waals surface area (Å²) in [5.74, 6) is -10.1. The number of anilines is 6. The minimum atomic E-state index is -5.08. The molecule has 11 rings (SSSR count). The first-order valence-corrected chi connectivity index (χ1v) is 44.1. The van der Waals surface area contributed by atoms with Crippen molar-refractivity contribution < 1.29 is 155 Å². The standard InChI is InChI=1S/C31H35N5O4.C28H35N5O5.C28H37N5O4.4C2HF3O2/c1-4-21-20(17-35-31(38)28(32)19-11-8-7-9-12-19)13-10-14-24(21)36-29-22-15-26(39-5-2)27(40-6-3)16-25(22)34-18-23(29)30(33)37;1-4-18-16(13-32-28(36)23-10-17(34)14-30-23)8-7-9-21(18)33-26-19-11-24(37-5-2)25(38-6-3)12-22(19)31-15-20(26)27(29)35;1-5-10-21(29)28(35)32-15-17-11-9-12-22(18(17)6-2)33-26-19-13-24(36-7-3)25(37-8-4)14-23(19)31-16-20(26)27(30)34;4*3-2(4,5)1(6)7/h7-16,18,28H,4-6,17,32H2,1-3H3,(H2,33,37)(H,34,36)(H,35,38);7-9,11-12,15,17,23,30,34H,4-6,10,13-14H2,1-3H3,(H2,29,35)(H,31,33)(H,32,36);9,11-14,16,21H,5-8,10,15,29H2,1-4H3,(H2,30,34)(H,31,33)(H,32,35);4*(H,6,7)/t28-;17-,23-;21-;;;;/m110..../s1. The van der Waals surface area contributed by atoms with Gasteiger partial charge in [-0.1, -0.05) is 101 Å². The molecule has 22 N–H and O–H groups in total. The molecule has 143 heavy (non-hydrogen) atoms. The zero-order chi connectivity index (χ0) is 107. The lowest BCUT2D eigenvalue weighted by Crippen LogP contribution is -2.40. The Kier molecular flexibility index (Phi) is 45.9. The van der Waals surface area contributed by atoms with E-state index in [1.165, 1.54) is 18.6 Å². The molecule has 1 saturated heterocycles. The molecule has 10 aromatic rings. The number of carboxylic acids is 4. The number of β-amino-alcohol motifs (C(OH)–C–C–N with tert-alkyl or cyclic N) is 1. The van der Waals surface area contributed by atoms with Crippen LogP contribution in [-0.4, -0.2) is 189 Å². The number of aliphatic hydroxyl groups is 1. The minimum Gasteiger partial charge on any atom is -0.490 e. The fourth-order valence-corrected chi connectivity index (χ4v) is 13.7. The predicted octanol–water partition coefficient (Wildman–Crippen LogP) is 14.2. The summed E-state index contributed by atoms with van der Waals surface area (Å²) in [6, 6.07) is 35.7. The molecule has 36 nitrogen and oxygen atoms in total. The zero-order valence-electron chi connectivity index (χ0n) is 78.9. The number of amides is 6. The molecule has 7 aromatic carbocycles. The van der Waals surface area contributed by atoms with E-state index in [0.717, 1.165) is 62.4 Å². The van der Waals surface area contributed by atoms with Crippen LogP contribution in [0.15, 0.2) is 140 Å². The molecule has 4 atom stereocenters. The summed E-state index contributed by atoms with van der Waals surface area (Å²) in [5.41, 5.74) is 42.5. The van der Waals surface area contributed by atoms with Crippen molar-refractivity contribution in [3.8, 4) is 34.5 Å². The smallest absolute Gasteiger partial charge is 0.490 e. The molecule has 0 bridgehead atoms. The number of nitrogens with zero attached hydrogens (tertiary/aromatic N) is 3. The van der Waals surface area contributed by atoms with Crippen LogP contribution in [0.3, 0.4) is 0 Å². The SMILES string of the molecule is CCC[C@H](N)C(=O)NCc1cccc(Nc2c(C(N)=O)cnc3cc(OCC)c(OCC)cc23)c1CC.CCOc1cc2ncc(C(N)=O)c(Nc3cccc(CNC(=O)[C@H](N)c4ccccc4)c3CC)c2cc1OCC.CCOc1cc2ncc(C(N)=O)c(Nc3cccc(CNC(=O)[C@H]4C[C@@H](O)CN4)c3CC)c2cc1OCC.O=C(O)C(F)(F)F.O=C(O)C(F)(F)F.O=C(O)C(F)(F)F.O=C(O)C(F)(F)F. The van der Waals surface area contributed by atoms with Crippen LogP contribution in [-0.2, 0) is 72.5 Å². The summed E-state index contributed by atoms with van der Waals surface area (Å²) in [4.78, 5) is 124. The fourth-order valence-electron chi connectivity index (χ4n) is 13.7. The summed E-state index contributed by atoms with van der Waals surface area (Å²) < 4.78 is 162. The Hall–Kier alpha value is -15.3. The van der Waals surface area contributed by atoms with Crippen LogP contribution in [0.1, 0.15) is 165 Å². The average molecular weight is 2030 g/mol. The van der Waals surface area contributed by atoms with Gasteiger partial charge in [-0.05, 0) is 149 Å². The topological polar surface area (TPSA) is 580 Å². The van der Waals surface area contributed by atoms with Crippen LogP contribution in [0.5, 0.6) is 34.5 Å². The Morgan fingerprint density at radius 2 is 0.685 bits per heavy atom. The Morgan fingerprint density at radius 1 is 0.406 bits per heavy atom. The summed E-state index contributed by atoms with van der Waals surface area (Å²) >= 11 is 0. The van der Waals surface area contributed by atoms with Gasteiger partial charge in [-0.15, -0.1) is 0 Å². The maximum Gasteiger partial charge on any atom is 0.490 e. The van der Waals surface area contributed by atoms with E-state index in [1.54, 1.807) is 18.2 Å². The number of carbonyl (C=O) groups excluding carboxylic acids is 6. The normalized spacial score (nSPS) is 13.0. The molecule has 48 heteroatoms. The van der Waals surface area contributed by atoms with E-state index in [2.05, 4.69) is 52.2 Å². The molecule has 1 aliphatic heterocycles. The fraction of sp³-hybridized carbons (Fsp3) is 0.358. The monoisotopic (exact) mass is 2030 g/mol. The third-order valence-corrected chi connectivity index (χ3v) is 20.2. The second-order valence-electron chi connectivity index (χ2n) is 30.0. The molecule has 0 radical (unpaired) electrons. The molecule has 6 amide bonds. The maximum atomic E-state index is 12.8. The molecular formula is C95H111F12N15O21. The van der Waals surface area contributed by atoms with Crippen molar-refractivity contribution in [2.24, 2.45) is 28.7 Å². The third-order valence-electron chi connectivity index (χ3n) is 20.2. The first kappa shape index (κ1) is 118. The molecule has 0 saturated carbocycles. The predicted molar refractivity (Wildman–Crippen MR) is 504 cm³/mol. The molecular weight excluding hydrogens is 1920 g/mol. The molecule has 1 fully saturated rings. The van der Waals surface area contributed by atoms with Gasteiger partial charge in [0.15, 0.2) is 34.5 Å². The highest BCUT2D eigenvalue weighted by molar-refractivity contribution is 6.11. The number of benzene rings is 7. The molecule has 4 heterocycles. The number of halogens is 12. The maximum absolute atomic E-state index is 12.8. The van der Waals surface area contributed by atoms with Crippen LogP contribution >= 0.6 is 0 Å². The number of aliphatic hydroxyl groups excluding tert-OH is 1. The van der Waals surface area contributed by atoms with E-state index in [9.17, 15) is 86.6 Å². The third kappa shape index (κ3) is 35.1. The van der Waals surface area contributed by atoms with Crippen LogP contribution in [0.25, 0.3) is 32.7 Å². The van der Waals surface area contributed by atoms with Gasteiger partial charge in [0.1, 0.15) is 6.04 Å². The highest BCUT2D eigenvalue weighted by Crippen LogP contribution is 2.43. The van der Waals surface area contributed by atoms with Gasteiger partial charge in [0.25, 0.3) is 17.7 Å². The number of hydrogen-bond donors (Lipinski definition) is 17. The van der Waals surface area contributed by atoms with E-state index < -0.39 is 90.5 Å². The Bertz CT molecular complexity index is 5970. The number of aliphatic carboxylic acids is 4. The Labute approximate surface area is 810 Å². The minimum absolute atomic E-state index is 0.147. The number of fused-ring (bicyclic) bond motifs is 3. The van der Waals surface area contributed by atoms with E-state index in [0.29, 0.717) is 182 Å². The van der Waals surface area contributed by atoms with Crippen molar-refractivity contribution in [3.63, 3.8) is 0 Å². The van der Waals surface area contributed by atoms with Crippen LogP contribution in [0, 0.1) is 0 Å². The van der Waals surface area contributed by atoms with Gasteiger partial charge in [-0.25, -0.2) is 19.2 Å². The molecule has 0 spiro atoms. The molecule has 1 aliphatic rings. The lowest BCUT2D eigenvalue weighted by atomic mass is 10.0. The number of rotatable bonds is 36. The molecule has 776 valence electrons. The summed E-state index contributed by atoms with van der Waals surface area (Å²) in [6.07, 6.45) is -12.5. The van der Waals surface area contributed by atoms with E-state index in [4.69, 9.17) is 96.7 Å². The van der Waals surface area contributed by atoms with Gasteiger partial charge < -0.3 is 120 Å². The van der Waals surface area contributed by atoms with Crippen LogP contribution < -0.4 is 94.3 Å². The van der Waals surface area contributed by atoms with Gasteiger partial charge in [0, 0.05) is 96.2 Å². The van der Waals surface area contributed by atoms with Crippen LogP contribution in [0.4, 0.5) is 86.8 Å². The van der Waals surface area contributed by atoms with E-state index in [1.807, 2.05) is 172 Å². The van der Waals surface area contributed by atoms with Crippen molar-refractivity contribution in [1.29, 1.82) is 0 Å². The zero-order valence-corrected chi connectivity index (χ0v) is 78.9. The van der Waals surface area contributed by atoms with E-state index >= 15 is 0 Å². The lowest BCUT2D eigenvalue weighted by molar-refractivity contribution is -0.193. The van der Waals surface area contributed by atoms with Crippen molar-refractivity contribution >= 4 is 126 Å². The number of nitrogens with two attached hydrogens (primary N) is 5. The molecule has 0 aliphatic carbocycles. The summed E-state index contributed by atoms with van der Waals surface area (Å²) in [6.45, 7) is 23.6. The summed E-state index contributed by atoms with van der Waals surface area (Å²) in [5, 5.41) is 62.4. The number of alkyl halides is 12. The van der Waals surface area contributed by atoms with E-state index in [-0.39, 0.29) is 34.4 Å². The summed E-state index contributed by atoms with van der Waals surface area (Å²) in [7, 11) is 0. The number of primary amides is 3. The highest BCUT2D eigenvalue weighted by atomic mass is 19.4. The van der Waals surface area contributed by atoms with Gasteiger partial charge >= 0.3 is 48.6 Å². The quantitative estimate of drug-likeness (QED) is 0.0162. The van der Waals surface area contributed by atoms with Crippen LogP contribution in [0.2, 0.25) is 0 Å². The van der Waals surface area contributed by atoms with Crippen molar-refractivity contribution in [2.75, 3.05) is 62.1 Å². The number of pyridine rings is 3. The Balaban J connectivity index is 0.000000331. The first-order chi connectivity index (χ1) is 67.3.